The van der Waals surface area contributed by atoms with Gasteiger partial charge in [-0.15, -0.1) is 0 Å². The van der Waals surface area contributed by atoms with E-state index in [9.17, 15) is 9.59 Å². The fraction of sp³-hybridized carbons (Fsp3) is 0.833. The molecule has 3 heteroatoms. The number of esters is 1. The van der Waals surface area contributed by atoms with Gasteiger partial charge in [-0.1, -0.05) is 6.92 Å². The highest BCUT2D eigenvalue weighted by Crippen LogP contribution is 2.30. The second kappa shape index (κ2) is 5.89. The monoisotopic (exact) mass is 212 g/mol. The van der Waals surface area contributed by atoms with Crippen molar-refractivity contribution in [3.8, 4) is 0 Å². The maximum atomic E-state index is 11.6. The van der Waals surface area contributed by atoms with E-state index in [1.807, 2.05) is 0 Å². The molecule has 1 rings (SSSR count). The number of ketones is 1. The van der Waals surface area contributed by atoms with Crippen molar-refractivity contribution in [3.63, 3.8) is 0 Å². The molecule has 0 heterocycles. The summed E-state index contributed by atoms with van der Waals surface area (Å²) in [7, 11) is 1.40. The zero-order valence-corrected chi connectivity index (χ0v) is 9.62. The SMILES string of the molecule is COC(=O)CCCC1C(=O)CCCC1C. The minimum Gasteiger partial charge on any atom is -0.469 e. The van der Waals surface area contributed by atoms with E-state index in [1.165, 1.54) is 7.11 Å². The molecule has 3 nitrogen and oxygen atoms in total. The molecule has 0 spiro atoms. The van der Waals surface area contributed by atoms with Gasteiger partial charge in [-0.05, 0) is 31.6 Å². The van der Waals surface area contributed by atoms with Crippen molar-refractivity contribution < 1.29 is 14.3 Å². The summed E-state index contributed by atoms with van der Waals surface area (Å²) in [5.74, 6) is 0.886. The quantitative estimate of drug-likeness (QED) is 0.672. The lowest BCUT2D eigenvalue weighted by Gasteiger charge is -2.27. The lowest BCUT2D eigenvalue weighted by molar-refractivity contribution is -0.141. The van der Waals surface area contributed by atoms with Crippen molar-refractivity contribution in [3.05, 3.63) is 0 Å². The van der Waals surface area contributed by atoms with E-state index in [4.69, 9.17) is 0 Å². The zero-order valence-electron chi connectivity index (χ0n) is 9.62. The second-order valence-corrected chi connectivity index (χ2v) is 4.41. The van der Waals surface area contributed by atoms with E-state index < -0.39 is 0 Å². The third-order valence-electron chi connectivity index (χ3n) is 3.31. The van der Waals surface area contributed by atoms with Gasteiger partial charge in [0.05, 0.1) is 7.11 Å². The molecule has 0 aromatic rings. The van der Waals surface area contributed by atoms with E-state index in [0.717, 1.165) is 32.1 Å². The smallest absolute Gasteiger partial charge is 0.305 e. The average molecular weight is 212 g/mol. The Morgan fingerprint density at radius 1 is 1.53 bits per heavy atom. The number of Topliss-reactive ketones (excluding diaryl/α,β-unsaturated/α-hetero) is 1. The van der Waals surface area contributed by atoms with Crippen LogP contribution < -0.4 is 0 Å². The van der Waals surface area contributed by atoms with Crippen molar-refractivity contribution in [1.29, 1.82) is 0 Å². The molecule has 1 fully saturated rings. The summed E-state index contributed by atoms with van der Waals surface area (Å²) in [5.41, 5.74) is 0. The van der Waals surface area contributed by atoms with Crippen LogP contribution in [0, 0.1) is 11.8 Å². The summed E-state index contributed by atoms with van der Waals surface area (Å²) in [6, 6.07) is 0. The van der Waals surface area contributed by atoms with Crippen LogP contribution in [0.15, 0.2) is 0 Å². The molecule has 0 aromatic heterocycles. The first-order valence-electron chi connectivity index (χ1n) is 5.74. The molecule has 0 amide bonds. The molecule has 0 saturated heterocycles. The van der Waals surface area contributed by atoms with Gasteiger partial charge in [0, 0.05) is 18.8 Å². The predicted molar refractivity (Wildman–Crippen MR) is 57.4 cm³/mol. The molecule has 0 aliphatic heterocycles. The van der Waals surface area contributed by atoms with Gasteiger partial charge in [-0.3, -0.25) is 9.59 Å². The van der Waals surface area contributed by atoms with Gasteiger partial charge < -0.3 is 4.74 Å². The molecule has 1 aliphatic rings. The molecule has 15 heavy (non-hydrogen) atoms. The van der Waals surface area contributed by atoms with Crippen LogP contribution in [0.25, 0.3) is 0 Å². The predicted octanol–water partition coefficient (Wildman–Crippen LogP) is 2.33. The first-order chi connectivity index (χ1) is 7.15. The average Bonchev–Trinajstić information content (AvgIpc) is 2.22. The van der Waals surface area contributed by atoms with E-state index in [-0.39, 0.29) is 11.9 Å². The van der Waals surface area contributed by atoms with Gasteiger partial charge in [0.2, 0.25) is 0 Å². The van der Waals surface area contributed by atoms with E-state index >= 15 is 0 Å². The highest BCUT2D eigenvalue weighted by molar-refractivity contribution is 5.82. The Morgan fingerprint density at radius 3 is 2.87 bits per heavy atom. The van der Waals surface area contributed by atoms with Gasteiger partial charge >= 0.3 is 5.97 Å². The molecule has 0 bridgehead atoms. The Balaban J connectivity index is 2.29. The number of ether oxygens (including phenoxy) is 1. The van der Waals surface area contributed by atoms with E-state index in [2.05, 4.69) is 11.7 Å². The number of methoxy groups -OCH3 is 1. The highest BCUT2D eigenvalue weighted by atomic mass is 16.5. The number of carbonyl (C=O) groups is 2. The number of carbonyl (C=O) groups excluding carboxylic acids is 2. The molecule has 0 aromatic carbocycles. The minimum absolute atomic E-state index is 0.175. The Labute approximate surface area is 91.2 Å². The Morgan fingerprint density at radius 2 is 2.27 bits per heavy atom. The topological polar surface area (TPSA) is 43.4 Å². The van der Waals surface area contributed by atoms with Gasteiger partial charge in [0.15, 0.2) is 0 Å². The van der Waals surface area contributed by atoms with Crippen LogP contribution >= 0.6 is 0 Å². The normalized spacial score (nSPS) is 26.4. The summed E-state index contributed by atoms with van der Waals surface area (Å²) < 4.78 is 4.57. The first-order valence-corrected chi connectivity index (χ1v) is 5.74. The van der Waals surface area contributed by atoms with Gasteiger partial charge in [-0.25, -0.2) is 0 Å². The molecular weight excluding hydrogens is 192 g/mol. The standard InChI is InChI=1S/C12H20O3/c1-9-5-3-7-11(13)10(9)6-4-8-12(14)15-2/h9-10H,3-8H2,1-2H3. The maximum absolute atomic E-state index is 11.6. The van der Waals surface area contributed by atoms with Gasteiger partial charge in [-0.2, -0.15) is 0 Å². The van der Waals surface area contributed by atoms with Crippen LogP contribution in [-0.4, -0.2) is 18.9 Å². The molecular formula is C12H20O3. The lowest BCUT2D eigenvalue weighted by Crippen LogP contribution is -2.26. The van der Waals surface area contributed by atoms with E-state index in [1.54, 1.807) is 0 Å². The van der Waals surface area contributed by atoms with Crippen LogP contribution in [0.3, 0.4) is 0 Å². The van der Waals surface area contributed by atoms with Crippen molar-refractivity contribution in [1.82, 2.24) is 0 Å². The fourth-order valence-electron chi connectivity index (χ4n) is 2.32. The van der Waals surface area contributed by atoms with Crippen molar-refractivity contribution in [2.45, 2.75) is 45.4 Å². The van der Waals surface area contributed by atoms with Crippen molar-refractivity contribution in [2.75, 3.05) is 7.11 Å². The summed E-state index contributed by atoms with van der Waals surface area (Å²) in [6.45, 7) is 2.14. The molecule has 0 radical (unpaired) electrons. The Hall–Kier alpha value is -0.860. The molecule has 2 atom stereocenters. The minimum atomic E-state index is -0.175. The highest BCUT2D eigenvalue weighted by Gasteiger charge is 2.28. The number of rotatable bonds is 4. The van der Waals surface area contributed by atoms with Crippen molar-refractivity contribution >= 4 is 11.8 Å². The summed E-state index contributed by atoms with van der Waals surface area (Å²) in [5, 5.41) is 0. The summed E-state index contributed by atoms with van der Waals surface area (Å²) >= 11 is 0. The summed E-state index contributed by atoms with van der Waals surface area (Å²) in [6.07, 6.45) is 4.96. The lowest BCUT2D eigenvalue weighted by atomic mass is 9.77. The van der Waals surface area contributed by atoms with Crippen LogP contribution in [0.1, 0.15) is 45.4 Å². The van der Waals surface area contributed by atoms with Gasteiger partial charge in [0.1, 0.15) is 5.78 Å². The molecule has 2 unspecified atom stereocenters. The van der Waals surface area contributed by atoms with E-state index in [0.29, 0.717) is 18.1 Å². The Bertz CT molecular complexity index is 235. The van der Waals surface area contributed by atoms with Crippen LogP contribution in [0.5, 0.6) is 0 Å². The van der Waals surface area contributed by atoms with Gasteiger partial charge in [0.25, 0.3) is 0 Å². The molecule has 0 N–H and O–H groups in total. The fourth-order valence-corrected chi connectivity index (χ4v) is 2.32. The first kappa shape index (κ1) is 12.2. The maximum Gasteiger partial charge on any atom is 0.305 e. The molecule has 1 aliphatic carbocycles. The Kier molecular flexibility index (Phi) is 4.79. The largest absolute Gasteiger partial charge is 0.469 e. The second-order valence-electron chi connectivity index (χ2n) is 4.41. The third-order valence-corrected chi connectivity index (χ3v) is 3.31. The zero-order chi connectivity index (χ0) is 11.3. The number of hydrogen-bond donors (Lipinski definition) is 0. The van der Waals surface area contributed by atoms with Crippen LogP contribution in [0.2, 0.25) is 0 Å². The van der Waals surface area contributed by atoms with Crippen molar-refractivity contribution in [2.24, 2.45) is 11.8 Å². The number of hydrogen-bond acceptors (Lipinski definition) is 3. The molecule has 1 saturated carbocycles. The summed E-state index contributed by atoms with van der Waals surface area (Å²) in [4.78, 5) is 22.5. The van der Waals surface area contributed by atoms with Crippen LogP contribution in [0.4, 0.5) is 0 Å². The third kappa shape index (κ3) is 3.65. The van der Waals surface area contributed by atoms with Crippen LogP contribution in [-0.2, 0) is 14.3 Å². The molecule has 86 valence electrons.